The lowest BCUT2D eigenvalue weighted by Crippen LogP contribution is -2.48. The van der Waals surface area contributed by atoms with Crippen molar-refractivity contribution in [3.63, 3.8) is 0 Å². The molecule has 0 radical (unpaired) electrons. The monoisotopic (exact) mass is 418 g/mol. The number of thiazole rings is 1. The summed E-state index contributed by atoms with van der Waals surface area (Å²) in [5, 5.41) is 2.35. The zero-order valence-corrected chi connectivity index (χ0v) is 16.9. The van der Waals surface area contributed by atoms with Gasteiger partial charge in [0.1, 0.15) is 5.75 Å². The van der Waals surface area contributed by atoms with E-state index >= 15 is 0 Å². The van der Waals surface area contributed by atoms with Crippen LogP contribution in [0.3, 0.4) is 0 Å². The van der Waals surface area contributed by atoms with Crippen LogP contribution in [0, 0.1) is 0 Å². The molecule has 9 heteroatoms. The van der Waals surface area contributed by atoms with Gasteiger partial charge in [-0.05, 0) is 18.2 Å². The first kappa shape index (κ1) is 18.9. The maximum absolute atomic E-state index is 12.9. The predicted octanol–water partition coefficient (Wildman–Crippen LogP) is 2.38. The second kappa shape index (κ2) is 7.90. The third-order valence-electron chi connectivity index (χ3n) is 4.79. The van der Waals surface area contributed by atoms with Crippen molar-refractivity contribution in [3.8, 4) is 5.75 Å². The number of methoxy groups -OCH3 is 1. The van der Waals surface area contributed by atoms with E-state index in [0.29, 0.717) is 54.0 Å². The van der Waals surface area contributed by atoms with E-state index in [1.54, 1.807) is 39.8 Å². The number of amides is 1. The summed E-state index contributed by atoms with van der Waals surface area (Å²) in [4.78, 5) is 34.2. The van der Waals surface area contributed by atoms with Crippen molar-refractivity contribution < 1.29 is 9.53 Å². The van der Waals surface area contributed by atoms with E-state index in [2.05, 4.69) is 9.88 Å². The fourth-order valence-electron chi connectivity index (χ4n) is 3.32. The number of aromatic nitrogens is 2. The Labute approximate surface area is 170 Å². The Bertz CT molecular complexity index is 1070. The lowest BCUT2D eigenvalue weighted by Gasteiger charge is -2.34. The number of carbonyl (C=O) groups excluding carboxylic acids is 1. The summed E-state index contributed by atoms with van der Waals surface area (Å²) in [6.07, 6.45) is 1.73. The highest BCUT2D eigenvalue weighted by Gasteiger charge is 2.25. The molecule has 0 saturated carbocycles. The van der Waals surface area contributed by atoms with E-state index in [9.17, 15) is 9.59 Å². The van der Waals surface area contributed by atoms with Crippen molar-refractivity contribution in [1.29, 1.82) is 0 Å². The van der Waals surface area contributed by atoms with Crippen LogP contribution in [0.4, 0.5) is 0 Å². The number of hydrogen-bond donors (Lipinski definition) is 0. The molecule has 1 aliphatic rings. The zero-order valence-electron chi connectivity index (χ0n) is 15.3. The van der Waals surface area contributed by atoms with Crippen LogP contribution in [0.5, 0.6) is 5.75 Å². The lowest BCUT2D eigenvalue weighted by atomic mass is 10.1. The Morgan fingerprint density at radius 1 is 1.25 bits per heavy atom. The fraction of sp³-hybridized carbons (Fsp3) is 0.316. The first-order valence-electron chi connectivity index (χ1n) is 8.86. The molecule has 3 heterocycles. The number of rotatable bonds is 4. The van der Waals surface area contributed by atoms with E-state index in [1.165, 1.54) is 18.4 Å². The minimum absolute atomic E-state index is 0.0666. The van der Waals surface area contributed by atoms with Gasteiger partial charge in [-0.15, -0.1) is 11.3 Å². The summed E-state index contributed by atoms with van der Waals surface area (Å²) in [7, 11) is 1.54. The number of hydrogen-bond acceptors (Lipinski definition) is 6. The van der Waals surface area contributed by atoms with Gasteiger partial charge < -0.3 is 9.64 Å². The summed E-state index contributed by atoms with van der Waals surface area (Å²) >= 11 is 7.49. The van der Waals surface area contributed by atoms with Gasteiger partial charge in [0, 0.05) is 55.4 Å². The molecule has 146 valence electrons. The highest BCUT2D eigenvalue weighted by molar-refractivity contribution is 7.15. The van der Waals surface area contributed by atoms with E-state index < -0.39 is 0 Å². The quantitative estimate of drug-likeness (QED) is 0.650. The van der Waals surface area contributed by atoms with Gasteiger partial charge in [-0.25, -0.2) is 4.98 Å². The molecule has 4 rings (SSSR count). The molecule has 0 N–H and O–H groups in total. The van der Waals surface area contributed by atoms with Crippen LogP contribution < -0.4 is 10.3 Å². The predicted molar refractivity (Wildman–Crippen MR) is 109 cm³/mol. The Morgan fingerprint density at radius 2 is 2.04 bits per heavy atom. The summed E-state index contributed by atoms with van der Waals surface area (Å²) in [5.41, 5.74) is 1.16. The number of carbonyl (C=O) groups is 1. The van der Waals surface area contributed by atoms with E-state index in [4.69, 9.17) is 16.3 Å². The van der Waals surface area contributed by atoms with Crippen molar-refractivity contribution in [2.24, 2.45) is 0 Å². The fourth-order valence-corrected chi connectivity index (χ4v) is 4.24. The maximum Gasteiger partial charge on any atom is 0.258 e. The third kappa shape index (κ3) is 3.76. The van der Waals surface area contributed by atoms with E-state index in [1.807, 2.05) is 5.38 Å². The number of piperazine rings is 1. The average molecular weight is 419 g/mol. The standard InChI is InChI=1S/C19H19ClN4O3S/c1-27-16-3-2-13(20)10-15(16)18(26)23-6-4-22(5-7-23)12-14-11-17(25)24-8-9-28-19(24)21-14/h2-3,8-11H,4-7,12H2,1H3. The summed E-state index contributed by atoms with van der Waals surface area (Å²) in [6, 6.07) is 6.63. The van der Waals surface area contributed by atoms with E-state index in [0.717, 1.165) is 5.69 Å². The zero-order chi connectivity index (χ0) is 19.7. The van der Waals surface area contributed by atoms with Crippen molar-refractivity contribution in [3.05, 3.63) is 62.5 Å². The van der Waals surface area contributed by atoms with Gasteiger partial charge in [-0.3, -0.25) is 18.9 Å². The summed E-state index contributed by atoms with van der Waals surface area (Å²) in [5.74, 6) is 0.432. The molecule has 1 aliphatic heterocycles. The second-order valence-corrected chi connectivity index (χ2v) is 7.86. The number of benzene rings is 1. The molecule has 0 bridgehead atoms. The van der Waals surface area contributed by atoms with Crippen LogP contribution in [-0.4, -0.2) is 58.4 Å². The molecule has 2 aromatic heterocycles. The smallest absolute Gasteiger partial charge is 0.258 e. The van der Waals surface area contributed by atoms with Gasteiger partial charge in [0.05, 0.1) is 18.4 Å². The molecule has 1 amide bonds. The van der Waals surface area contributed by atoms with Gasteiger partial charge in [0.15, 0.2) is 4.96 Å². The molecule has 28 heavy (non-hydrogen) atoms. The normalized spacial score (nSPS) is 15.1. The van der Waals surface area contributed by atoms with Crippen LogP contribution in [0.1, 0.15) is 16.1 Å². The van der Waals surface area contributed by atoms with Gasteiger partial charge >= 0.3 is 0 Å². The van der Waals surface area contributed by atoms with Crippen LogP contribution in [-0.2, 0) is 6.54 Å². The first-order chi connectivity index (χ1) is 13.5. The molecule has 0 unspecified atom stereocenters. The van der Waals surface area contributed by atoms with Gasteiger partial charge in [-0.1, -0.05) is 11.6 Å². The highest BCUT2D eigenvalue weighted by atomic mass is 35.5. The number of fused-ring (bicyclic) bond motifs is 1. The molecule has 1 fully saturated rings. The molecule has 1 aromatic carbocycles. The topological polar surface area (TPSA) is 67.2 Å². The molecule has 3 aromatic rings. The van der Waals surface area contributed by atoms with Crippen molar-refractivity contribution in [2.75, 3.05) is 33.3 Å². The summed E-state index contributed by atoms with van der Waals surface area (Å²) < 4.78 is 6.84. The SMILES string of the molecule is COc1ccc(Cl)cc1C(=O)N1CCN(Cc2cc(=O)n3ccsc3n2)CC1. The molecule has 0 atom stereocenters. The van der Waals surface area contributed by atoms with Crippen LogP contribution in [0.2, 0.25) is 5.02 Å². The molecule has 7 nitrogen and oxygen atoms in total. The molecular weight excluding hydrogens is 400 g/mol. The number of halogens is 1. The van der Waals surface area contributed by atoms with Crippen molar-refractivity contribution in [1.82, 2.24) is 19.2 Å². The lowest BCUT2D eigenvalue weighted by molar-refractivity contribution is 0.0624. The molecule has 0 aliphatic carbocycles. The number of ether oxygens (including phenoxy) is 1. The van der Waals surface area contributed by atoms with Gasteiger partial charge in [0.25, 0.3) is 11.5 Å². The van der Waals surface area contributed by atoms with Crippen LogP contribution >= 0.6 is 22.9 Å². The minimum atomic E-state index is -0.0876. The Hall–Kier alpha value is -2.42. The van der Waals surface area contributed by atoms with Crippen LogP contribution in [0.15, 0.2) is 40.6 Å². The van der Waals surface area contributed by atoms with Crippen LogP contribution in [0.25, 0.3) is 4.96 Å². The van der Waals surface area contributed by atoms with E-state index in [-0.39, 0.29) is 11.5 Å². The summed E-state index contributed by atoms with van der Waals surface area (Å²) in [6.45, 7) is 3.19. The maximum atomic E-state index is 12.9. The Balaban J connectivity index is 1.42. The van der Waals surface area contributed by atoms with Crippen molar-refractivity contribution in [2.45, 2.75) is 6.54 Å². The average Bonchev–Trinajstić information content (AvgIpc) is 3.17. The Kier molecular flexibility index (Phi) is 5.34. The molecule has 0 spiro atoms. The van der Waals surface area contributed by atoms with Crippen molar-refractivity contribution >= 4 is 33.8 Å². The first-order valence-corrected chi connectivity index (χ1v) is 10.1. The third-order valence-corrected chi connectivity index (χ3v) is 5.78. The highest BCUT2D eigenvalue weighted by Crippen LogP contribution is 2.24. The molecule has 1 saturated heterocycles. The molecular formula is C19H19ClN4O3S. The van der Waals surface area contributed by atoms with Gasteiger partial charge in [-0.2, -0.15) is 0 Å². The number of nitrogens with zero attached hydrogens (tertiary/aromatic N) is 4. The second-order valence-electron chi connectivity index (χ2n) is 6.55. The largest absolute Gasteiger partial charge is 0.496 e. The Morgan fingerprint density at radius 3 is 2.79 bits per heavy atom. The van der Waals surface area contributed by atoms with Gasteiger partial charge in [0.2, 0.25) is 0 Å². The minimum Gasteiger partial charge on any atom is -0.496 e.